The average Bonchev–Trinajstić information content (AvgIpc) is 3.20. The zero-order valence-corrected chi connectivity index (χ0v) is 22.7. The normalized spacial score (nSPS) is 19.7. The van der Waals surface area contributed by atoms with E-state index in [-0.39, 0.29) is 36.5 Å². The van der Waals surface area contributed by atoms with Crippen LogP contribution in [0.25, 0.3) is 5.57 Å². The molecule has 1 aromatic heterocycles. The van der Waals surface area contributed by atoms with Gasteiger partial charge in [-0.3, -0.25) is 14.6 Å². The number of nitrogens with one attached hydrogen (secondary N) is 1. The Balaban J connectivity index is 1.53. The number of carbonyl (C=O) groups excluding carboxylic acids is 3. The number of β-lactam (4-membered cyclic amide) rings is 1. The third-order valence-electron chi connectivity index (χ3n) is 6.46. The first-order valence-corrected chi connectivity index (χ1v) is 15.8. The van der Waals surface area contributed by atoms with Gasteiger partial charge in [0.25, 0.3) is 5.91 Å². The molecule has 3 atom stereocenters. The van der Waals surface area contributed by atoms with Crippen molar-refractivity contribution in [3.05, 3.63) is 83.8 Å². The molecule has 1 fully saturated rings. The van der Waals surface area contributed by atoms with Gasteiger partial charge in [-0.05, 0) is 61.8 Å². The molecule has 37 heavy (non-hydrogen) atoms. The largest absolute Gasteiger partial charge is 0.457 e. The quantitative estimate of drug-likeness (QED) is 0.221. The average molecular weight is 520 g/mol. The molecule has 2 aliphatic heterocycles. The Labute approximate surface area is 218 Å². The third kappa shape index (κ3) is 5.73. The lowest BCUT2D eigenvalue weighted by Gasteiger charge is -2.47. The molecule has 0 saturated carbocycles. The minimum Gasteiger partial charge on any atom is -0.457 e. The highest BCUT2D eigenvalue weighted by Crippen LogP contribution is 2.48. The van der Waals surface area contributed by atoms with Crippen LogP contribution >= 0.6 is 0 Å². The Morgan fingerprint density at radius 1 is 1.24 bits per heavy atom. The number of ether oxygens (including phenoxy) is 1. The summed E-state index contributed by atoms with van der Waals surface area (Å²) in [5.41, 5.74) is 3.32. The fourth-order valence-electron chi connectivity index (χ4n) is 4.94. The van der Waals surface area contributed by atoms with Gasteiger partial charge in [-0.2, -0.15) is 0 Å². The molecule has 2 aromatic rings. The summed E-state index contributed by atoms with van der Waals surface area (Å²) in [4.78, 5) is 44.1. The van der Waals surface area contributed by atoms with E-state index in [0.29, 0.717) is 24.2 Å². The minimum atomic E-state index is -1.84. The van der Waals surface area contributed by atoms with E-state index in [9.17, 15) is 14.4 Å². The van der Waals surface area contributed by atoms with Gasteiger partial charge in [0.1, 0.15) is 12.3 Å². The number of hydrogen-bond donors (Lipinski definition) is 1. The van der Waals surface area contributed by atoms with Gasteiger partial charge in [-0.25, -0.2) is 4.79 Å². The van der Waals surface area contributed by atoms with Crippen LogP contribution in [0.15, 0.2) is 67.1 Å². The summed E-state index contributed by atoms with van der Waals surface area (Å²) in [6.45, 7) is 12.3. The summed E-state index contributed by atoms with van der Waals surface area (Å²) in [7, 11) is -1.84. The van der Waals surface area contributed by atoms with E-state index in [1.807, 2.05) is 31.2 Å². The molecule has 1 saturated heterocycles. The number of hydrogen-bond acceptors (Lipinski definition) is 6. The summed E-state index contributed by atoms with van der Waals surface area (Å²) in [5.74, 6) is -1.14. The van der Waals surface area contributed by atoms with Crippen LogP contribution in [-0.4, -0.2) is 54.7 Å². The van der Waals surface area contributed by atoms with E-state index in [2.05, 4.69) is 36.5 Å². The molecule has 0 radical (unpaired) electrons. The highest BCUT2D eigenvalue weighted by molar-refractivity contribution is 6.69. The fraction of sp³-hybridized carbons (Fsp3) is 0.357. The van der Waals surface area contributed by atoms with E-state index >= 15 is 0 Å². The van der Waals surface area contributed by atoms with E-state index in [0.717, 1.165) is 16.7 Å². The first kappa shape index (κ1) is 26.5. The second kappa shape index (κ2) is 10.8. The standard InChI is InChI=1S/C28H33N3O5Si/c1-6-14-35-28(34)25-22(15-23-24(27(33)31(23)25)18(2)36-37(3,4)5)20-11-9-19(10-12-20)16-30-26(32)21-8-7-13-29-17-21/h6-13,17-18,23-24H,1,14-16H2,2-5H3,(H,30,32)/t18-,23-,24-/m1/s1. The molecule has 0 spiro atoms. The third-order valence-corrected chi connectivity index (χ3v) is 7.54. The van der Waals surface area contributed by atoms with Gasteiger partial charge in [-0.15, -0.1) is 0 Å². The van der Waals surface area contributed by atoms with Gasteiger partial charge in [0.05, 0.1) is 23.6 Å². The second-order valence-electron chi connectivity index (χ2n) is 10.3. The summed E-state index contributed by atoms with van der Waals surface area (Å²) in [6, 6.07) is 10.9. The zero-order chi connectivity index (χ0) is 26.7. The van der Waals surface area contributed by atoms with Gasteiger partial charge in [-0.1, -0.05) is 36.9 Å². The summed E-state index contributed by atoms with van der Waals surface area (Å²) >= 11 is 0. The number of rotatable bonds is 10. The Kier molecular flexibility index (Phi) is 7.75. The van der Waals surface area contributed by atoms with E-state index in [1.54, 1.807) is 23.2 Å². The van der Waals surface area contributed by atoms with Crippen molar-refractivity contribution in [2.45, 2.75) is 51.7 Å². The zero-order valence-electron chi connectivity index (χ0n) is 21.7. The molecule has 1 aromatic carbocycles. The molecule has 3 heterocycles. The van der Waals surface area contributed by atoms with Crippen LogP contribution in [0.3, 0.4) is 0 Å². The highest BCUT2D eigenvalue weighted by atomic mass is 28.4. The van der Waals surface area contributed by atoms with Gasteiger partial charge >= 0.3 is 5.97 Å². The van der Waals surface area contributed by atoms with Crippen molar-refractivity contribution < 1.29 is 23.5 Å². The first-order valence-electron chi connectivity index (χ1n) is 12.4. The van der Waals surface area contributed by atoms with E-state index in [4.69, 9.17) is 9.16 Å². The summed E-state index contributed by atoms with van der Waals surface area (Å²) in [6.07, 6.45) is 4.96. The lowest BCUT2D eigenvalue weighted by Crippen LogP contribution is -2.63. The number of esters is 1. The molecule has 2 amide bonds. The number of benzene rings is 1. The number of fused-ring (bicyclic) bond motifs is 1. The van der Waals surface area contributed by atoms with Gasteiger partial charge < -0.3 is 19.4 Å². The van der Waals surface area contributed by atoms with Crippen molar-refractivity contribution in [2.75, 3.05) is 6.61 Å². The molecule has 2 aliphatic rings. The number of aromatic nitrogens is 1. The smallest absolute Gasteiger partial charge is 0.355 e. The van der Waals surface area contributed by atoms with Crippen molar-refractivity contribution in [3.8, 4) is 0 Å². The topological polar surface area (TPSA) is 97.8 Å². The lowest BCUT2D eigenvalue weighted by molar-refractivity contribution is -0.161. The molecule has 9 heteroatoms. The van der Waals surface area contributed by atoms with Crippen LogP contribution < -0.4 is 5.32 Å². The summed E-state index contributed by atoms with van der Waals surface area (Å²) in [5, 5.41) is 2.88. The van der Waals surface area contributed by atoms with Crippen LogP contribution in [0, 0.1) is 5.92 Å². The Morgan fingerprint density at radius 2 is 1.97 bits per heavy atom. The van der Waals surface area contributed by atoms with Gasteiger partial charge in [0, 0.05) is 18.9 Å². The highest BCUT2D eigenvalue weighted by Gasteiger charge is 2.57. The van der Waals surface area contributed by atoms with Crippen LogP contribution in [0.2, 0.25) is 19.6 Å². The maximum Gasteiger partial charge on any atom is 0.355 e. The van der Waals surface area contributed by atoms with E-state index < -0.39 is 14.3 Å². The van der Waals surface area contributed by atoms with Crippen molar-refractivity contribution in [1.29, 1.82) is 0 Å². The lowest BCUT2D eigenvalue weighted by atomic mass is 9.82. The monoisotopic (exact) mass is 519 g/mol. The number of nitrogens with zero attached hydrogens (tertiary/aromatic N) is 2. The maximum atomic E-state index is 13.2. The number of carbonyl (C=O) groups is 3. The van der Waals surface area contributed by atoms with Gasteiger partial charge in [0.2, 0.25) is 5.91 Å². The van der Waals surface area contributed by atoms with Crippen molar-refractivity contribution >= 4 is 31.7 Å². The van der Waals surface area contributed by atoms with Crippen LogP contribution in [-0.2, 0) is 25.3 Å². The maximum absolute atomic E-state index is 13.2. The van der Waals surface area contributed by atoms with Crippen LogP contribution in [0.1, 0.15) is 34.8 Å². The molecular formula is C28H33N3O5Si. The number of amides is 2. The molecule has 0 unspecified atom stereocenters. The van der Waals surface area contributed by atoms with Crippen LogP contribution in [0.5, 0.6) is 0 Å². The van der Waals surface area contributed by atoms with Crippen molar-refractivity contribution in [3.63, 3.8) is 0 Å². The second-order valence-corrected chi connectivity index (χ2v) is 14.7. The fourth-order valence-corrected chi connectivity index (χ4v) is 6.20. The van der Waals surface area contributed by atoms with Crippen LogP contribution in [0.4, 0.5) is 0 Å². The predicted octanol–water partition coefficient (Wildman–Crippen LogP) is 3.92. The molecule has 4 rings (SSSR count). The molecule has 0 bridgehead atoms. The molecule has 8 nitrogen and oxygen atoms in total. The first-order chi connectivity index (χ1) is 17.6. The molecular weight excluding hydrogens is 486 g/mol. The molecule has 194 valence electrons. The Bertz CT molecular complexity index is 1220. The Morgan fingerprint density at radius 3 is 2.59 bits per heavy atom. The number of pyridine rings is 1. The van der Waals surface area contributed by atoms with Gasteiger partial charge in [0.15, 0.2) is 8.32 Å². The van der Waals surface area contributed by atoms with E-state index in [1.165, 1.54) is 12.3 Å². The minimum absolute atomic E-state index is 0.0659. The SMILES string of the molecule is C=CCOC(=O)C1=C(c2ccc(CNC(=O)c3cccnc3)cc2)C[C@@H]2[C@@H]([C@@H](C)O[Si](C)(C)C)C(=O)N12. The molecule has 0 aliphatic carbocycles. The Hall–Kier alpha value is -3.56. The van der Waals surface area contributed by atoms with Crippen molar-refractivity contribution in [2.24, 2.45) is 5.92 Å². The van der Waals surface area contributed by atoms with Crippen molar-refractivity contribution in [1.82, 2.24) is 15.2 Å². The predicted molar refractivity (Wildman–Crippen MR) is 143 cm³/mol. The summed E-state index contributed by atoms with van der Waals surface area (Å²) < 4.78 is 11.6. The molecule has 1 N–H and O–H groups in total.